The van der Waals surface area contributed by atoms with Gasteiger partial charge >= 0.3 is 0 Å². The smallest absolute Gasteiger partial charge is 0.166 e. The highest BCUT2D eigenvalue weighted by Gasteiger charge is 2.04. The minimum absolute atomic E-state index is 0.579. The zero-order valence-electron chi connectivity index (χ0n) is 5.52. The Morgan fingerprint density at radius 2 is 2.22 bits per heavy atom. The third-order valence-corrected chi connectivity index (χ3v) is 2.15. The fraction of sp³-hybridized carbons (Fsp3) is 0.429. The van der Waals surface area contributed by atoms with Crippen molar-refractivity contribution in [2.45, 2.75) is 19.8 Å². The standard InChI is InChI=1S/C7H9IO/c1-5(2)6-3-4-9-7(6)8/h3-5H,1-2H3. The van der Waals surface area contributed by atoms with Crippen LogP contribution >= 0.6 is 22.6 Å². The van der Waals surface area contributed by atoms with E-state index in [1.807, 2.05) is 6.07 Å². The lowest BCUT2D eigenvalue weighted by atomic mass is 10.1. The normalized spacial score (nSPS) is 10.7. The van der Waals surface area contributed by atoms with Gasteiger partial charge in [-0.1, -0.05) is 13.8 Å². The van der Waals surface area contributed by atoms with Crippen molar-refractivity contribution in [2.24, 2.45) is 0 Å². The zero-order valence-corrected chi connectivity index (χ0v) is 7.68. The maximum Gasteiger partial charge on any atom is 0.166 e. The predicted octanol–water partition coefficient (Wildman–Crippen LogP) is 3.01. The lowest BCUT2D eigenvalue weighted by Gasteiger charge is -1.98. The molecule has 1 rings (SSSR count). The number of hydrogen-bond acceptors (Lipinski definition) is 1. The summed E-state index contributed by atoms with van der Waals surface area (Å²) in [7, 11) is 0. The highest BCUT2D eigenvalue weighted by Crippen LogP contribution is 2.21. The molecule has 0 unspecified atom stereocenters. The van der Waals surface area contributed by atoms with Crippen LogP contribution in [-0.4, -0.2) is 0 Å². The molecule has 0 spiro atoms. The van der Waals surface area contributed by atoms with Crippen LogP contribution in [0.4, 0.5) is 0 Å². The fourth-order valence-electron chi connectivity index (χ4n) is 0.720. The summed E-state index contributed by atoms with van der Waals surface area (Å²) < 4.78 is 6.13. The second kappa shape index (κ2) is 2.73. The van der Waals surface area contributed by atoms with Crippen molar-refractivity contribution in [2.75, 3.05) is 0 Å². The van der Waals surface area contributed by atoms with Gasteiger partial charge in [0, 0.05) is 5.56 Å². The van der Waals surface area contributed by atoms with E-state index in [0.717, 1.165) is 3.77 Å². The lowest BCUT2D eigenvalue weighted by molar-refractivity contribution is 0.531. The van der Waals surface area contributed by atoms with Crippen LogP contribution in [0.25, 0.3) is 0 Å². The maximum atomic E-state index is 5.11. The molecule has 0 saturated carbocycles. The van der Waals surface area contributed by atoms with E-state index >= 15 is 0 Å². The van der Waals surface area contributed by atoms with Gasteiger partial charge in [0.05, 0.1) is 6.26 Å². The largest absolute Gasteiger partial charge is 0.458 e. The van der Waals surface area contributed by atoms with E-state index in [1.165, 1.54) is 5.56 Å². The van der Waals surface area contributed by atoms with E-state index in [0.29, 0.717) is 5.92 Å². The van der Waals surface area contributed by atoms with Gasteiger partial charge < -0.3 is 4.42 Å². The topological polar surface area (TPSA) is 13.1 Å². The quantitative estimate of drug-likeness (QED) is 0.683. The Labute approximate surface area is 68.6 Å². The third-order valence-electron chi connectivity index (χ3n) is 1.27. The molecule has 0 radical (unpaired) electrons. The number of furan rings is 1. The average Bonchev–Trinajstić information content (AvgIpc) is 2.13. The molecule has 0 aliphatic carbocycles. The van der Waals surface area contributed by atoms with Crippen LogP contribution in [0.15, 0.2) is 16.7 Å². The Bertz CT molecular complexity index is 191. The van der Waals surface area contributed by atoms with Gasteiger partial charge in [-0.15, -0.1) is 0 Å². The van der Waals surface area contributed by atoms with E-state index in [4.69, 9.17) is 4.42 Å². The van der Waals surface area contributed by atoms with Crippen LogP contribution in [0.1, 0.15) is 25.3 Å². The molecule has 0 aliphatic heterocycles. The summed E-state index contributed by atoms with van der Waals surface area (Å²) in [6.07, 6.45) is 1.73. The molecule has 0 atom stereocenters. The van der Waals surface area contributed by atoms with E-state index in [9.17, 15) is 0 Å². The van der Waals surface area contributed by atoms with Crippen molar-refractivity contribution in [3.63, 3.8) is 0 Å². The first-order valence-electron chi connectivity index (χ1n) is 2.94. The van der Waals surface area contributed by atoms with Crippen molar-refractivity contribution < 1.29 is 4.42 Å². The van der Waals surface area contributed by atoms with Crippen LogP contribution in [0, 0.1) is 3.77 Å². The molecule has 0 amide bonds. The summed E-state index contributed by atoms with van der Waals surface area (Å²) >= 11 is 2.20. The number of hydrogen-bond donors (Lipinski definition) is 0. The van der Waals surface area contributed by atoms with Crippen molar-refractivity contribution in [3.8, 4) is 0 Å². The van der Waals surface area contributed by atoms with Crippen LogP contribution in [0.3, 0.4) is 0 Å². The van der Waals surface area contributed by atoms with Gasteiger partial charge in [0.2, 0.25) is 0 Å². The summed E-state index contributed by atoms with van der Waals surface area (Å²) in [6.45, 7) is 4.32. The van der Waals surface area contributed by atoms with Crippen molar-refractivity contribution in [3.05, 3.63) is 21.7 Å². The summed E-state index contributed by atoms with van der Waals surface area (Å²) in [5.41, 5.74) is 1.30. The molecule has 9 heavy (non-hydrogen) atoms. The molecule has 1 nitrogen and oxygen atoms in total. The predicted molar refractivity (Wildman–Crippen MR) is 45.5 cm³/mol. The molecular weight excluding hydrogens is 227 g/mol. The third kappa shape index (κ3) is 1.47. The molecule has 1 aromatic heterocycles. The van der Waals surface area contributed by atoms with E-state index < -0.39 is 0 Å². The van der Waals surface area contributed by atoms with Crippen LogP contribution in [0.5, 0.6) is 0 Å². The van der Waals surface area contributed by atoms with Gasteiger partial charge in [-0.05, 0) is 34.6 Å². The van der Waals surface area contributed by atoms with E-state index in [2.05, 4.69) is 36.4 Å². The Hall–Kier alpha value is 0.01000. The lowest BCUT2D eigenvalue weighted by Crippen LogP contribution is -1.84. The second-order valence-corrected chi connectivity index (χ2v) is 3.28. The van der Waals surface area contributed by atoms with Gasteiger partial charge in [0.15, 0.2) is 3.77 Å². The van der Waals surface area contributed by atoms with E-state index in [-0.39, 0.29) is 0 Å². The highest BCUT2D eigenvalue weighted by molar-refractivity contribution is 14.1. The summed E-state index contributed by atoms with van der Waals surface area (Å²) in [5.74, 6) is 0.579. The molecule has 0 bridgehead atoms. The monoisotopic (exact) mass is 236 g/mol. The first-order valence-corrected chi connectivity index (χ1v) is 4.02. The number of halogens is 1. The first kappa shape index (κ1) is 7.12. The Balaban J connectivity index is 2.94. The maximum absolute atomic E-state index is 5.11. The minimum Gasteiger partial charge on any atom is -0.458 e. The van der Waals surface area contributed by atoms with Crippen molar-refractivity contribution >= 4 is 22.6 Å². The molecule has 0 aromatic carbocycles. The summed E-state index contributed by atoms with van der Waals surface area (Å²) in [5, 5.41) is 0. The fourth-order valence-corrected chi connectivity index (χ4v) is 1.67. The van der Waals surface area contributed by atoms with Gasteiger partial charge in [-0.3, -0.25) is 0 Å². The minimum atomic E-state index is 0.579. The van der Waals surface area contributed by atoms with Gasteiger partial charge in [-0.25, -0.2) is 0 Å². The number of rotatable bonds is 1. The Morgan fingerprint density at radius 1 is 1.56 bits per heavy atom. The van der Waals surface area contributed by atoms with Crippen LogP contribution < -0.4 is 0 Å². The van der Waals surface area contributed by atoms with Crippen LogP contribution in [-0.2, 0) is 0 Å². The second-order valence-electron chi connectivity index (χ2n) is 2.30. The first-order chi connectivity index (χ1) is 4.22. The summed E-state index contributed by atoms with van der Waals surface area (Å²) in [4.78, 5) is 0. The van der Waals surface area contributed by atoms with Gasteiger partial charge in [-0.2, -0.15) is 0 Å². The Kier molecular flexibility index (Phi) is 2.16. The van der Waals surface area contributed by atoms with Crippen molar-refractivity contribution in [1.82, 2.24) is 0 Å². The average molecular weight is 236 g/mol. The molecule has 0 fully saturated rings. The molecule has 1 heterocycles. The highest BCUT2D eigenvalue weighted by atomic mass is 127. The molecule has 0 aliphatic rings. The Morgan fingerprint density at radius 3 is 2.44 bits per heavy atom. The molecule has 1 aromatic rings. The van der Waals surface area contributed by atoms with Gasteiger partial charge in [0.1, 0.15) is 0 Å². The molecule has 50 valence electrons. The SMILES string of the molecule is CC(C)c1ccoc1I. The molecule has 0 saturated heterocycles. The van der Waals surface area contributed by atoms with E-state index in [1.54, 1.807) is 6.26 Å². The molecular formula is C7H9IO. The van der Waals surface area contributed by atoms with Gasteiger partial charge in [0.25, 0.3) is 0 Å². The summed E-state index contributed by atoms with van der Waals surface area (Å²) in [6, 6.07) is 2.02. The molecule has 2 heteroatoms. The van der Waals surface area contributed by atoms with Crippen molar-refractivity contribution in [1.29, 1.82) is 0 Å². The zero-order chi connectivity index (χ0) is 6.85. The molecule has 0 N–H and O–H groups in total. The van der Waals surface area contributed by atoms with Crippen LogP contribution in [0.2, 0.25) is 0 Å².